The highest BCUT2D eigenvalue weighted by Crippen LogP contribution is 2.31. The number of hydrogen-bond acceptors (Lipinski definition) is 4. The molecule has 1 aromatic heterocycles. The monoisotopic (exact) mass is 401 g/mol. The number of carbonyl (C=O) groups excluding carboxylic acids is 1. The molecule has 0 fully saturated rings. The lowest BCUT2D eigenvalue weighted by Crippen LogP contribution is -2.29. The molecule has 0 N–H and O–H groups in total. The van der Waals surface area contributed by atoms with Gasteiger partial charge in [0, 0.05) is 24.1 Å². The summed E-state index contributed by atoms with van der Waals surface area (Å²) in [5.74, 6) is 0.187. The van der Waals surface area contributed by atoms with Crippen molar-refractivity contribution in [3.8, 4) is 0 Å². The summed E-state index contributed by atoms with van der Waals surface area (Å²) >= 11 is 7.23. The second-order valence-electron chi connectivity index (χ2n) is 6.28. The minimum absolute atomic E-state index is 0.150. The lowest BCUT2D eigenvalue weighted by atomic mass is 10.2. The van der Waals surface area contributed by atoms with Gasteiger partial charge in [0.2, 0.25) is 5.78 Å². The summed E-state index contributed by atoms with van der Waals surface area (Å²) in [6.45, 7) is 6.28. The largest absolute Gasteiger partial charge is 0.461 e. The van der Waals surface area contributed by atoms with E-state index >= 15 is 0 Å². The number of allylic oxidation sites excluding steroid dienone is 1. The quantitative estimate of drug-likeness (QED) is 0.260. The van der Waals surface area contributed by atoms with E-state index in [4.69, 9.17) is 16.6 Å². The predicted octanol–water partition coefficient (Wildman–Crippen LogP) is 6.42. The third-order valence-corrected chi connectivity index (χ3v) is 5.62. The van der Waals surface area contributed by atoms with Gasteiger partial charge in [0.1, 0.15) is 4.32 Å². The van der Waals surface area contributed by atoms with Crippen LogP contribution in [0.4, 0.5) is 0 Å². The van der Waals surface area contributed by atoms with Crippen LogP contribution in [0.25, 0.3) is 4.91 Å². The Morgan fingerprint density at radius 2 is 1.74 bits per heavy atom. The van der Waals surface area contributed by atoms with Gasteiger partial charge in [0.05, 0.1) is 6.26 Å². The first kappa shape index (κ1) is 21.5. The summed E-state index contributed by atoms with van der Waals surface area (Å²) in [5, 5.41) is 0. The molecule has 0 aliphatic rings. The molecule has 0 amide bonds. The van der Waals surface area contributed by atoms with Crippen LogP contribution in [0.2, 0.25) is 0 Å². The van der Waals surface area contributed by atoms with Crippen molar-refractivity contribution >= 4 is 39.0 Å². The van der Waals surface area contributed by atoms with Gasteiger partial charge in [-0.3, -0.25) is 4.79 Å². The number of nitrogens with zero attached hydrogens (tertiary/aromatic N) is 1. The number of carbonyl (C=O) groups is 1. The van der Waals surface area contributed by atoms with Gasteiger partial charge >= 0.3 is 0 Å². The molecule has 1 aromatic carbocycles. The highest BCUT2D eigenvalue weighted by molar-refractivity contribution is 8.29. The van der Waals surface area contributed by atoms with Crippen molar-refractivity contribution in [1.82, 2.24) is 4.90 Å². The van der Waals surface area contributed by atoms with Crippen LogP contribution in [0.3, 0.4) is 0 Å². The molecule has 0 saturated heterocycles. The molecule has 0 radical (unpaired) electrons. The molecule has 0 aliphatic carbocycles. The summed E-state index contributed by atoms with van der Waals surface area (Å²) in [6.07, 6.45) is 7.63. The Morgan fingerprint density at radius 1 is 1.07 bits per heavy atom. The normalized spacial score (nSPS) is 11.4. The van der Waals surface area contributed by atoms with Gasteiger partial charge in [-0.1, -0.05) is 81.0 Å². The van der Waals surface area contributed by atoms with Gasteiger partial charge in [-0.05, 0) is 30.5 Å². The van der Waals surface area contributed by atoms with Crippen LogP contribution >= 0.6 is 24.0 Å². The fourth-order valence-corrected chi connectivity index (χ4v) is 3.91. The van der Waals surface area contributed by atoms with Crippen molar-refractivity contribution in [2.45, 2.75) is 39.5 Å². The van der Waals surface area contributed by atoms with Crippen molar-refractivity contribution in [3.63, 3.8) is 0 Å². The van der Waals surface area contributed by atoms with E-state index in [2.05, 4.69) is 18.7 Å². The summed E-state index contributed by atoms with van der Waals surface area (Å²) in [7, 11) is 0. The summed E-state index contributed by atoms with van der Waals surface area (Å²) < 4.78 is 6.06. The number of ketones is 1. The molecule has 27 heavy (non-hydrogen) atoms. The van der Waals surface area contributed by atoms with Gasteiger partial charge in [0.15, 0.2) is 5.76 Å². The Labute approximate surface area is 171 Å². The van der Waals surface area contributed by atoms with Crippen LogP contribution in [-0.4, -0.2) is 28.1 Å². The minimum atomic E-state index is -0.150. The molecule has 0 unspecified atom stereocenters. The number of benzene rings is 1. The molecular formula is C22H27NO2S2. The zero-order valence-electron chi connectivity index (χ0n) is 16.0. The number of furan rings is 1. The second-order valence-corrected chi connectivity index (χ2v) is 7.95. The molecule has 0 saturated carbocycles. The zero-order valence-corrected chi connectivity index (χ0v) is 17.7. The standard InChI is InChI=1S/C22H27NO2S2/c1-3-5-14-23(15-6-4-2)22(26)27-21(18-11-8-7-9-12-18)17-19(24)20-13-10-16-25-20/h7-13,16-17H,3-6,14-15H2,1-2H3/b21-17+. The molecule has 3 nitrogen and oxygen atoms in total. The van der Waals surface area contributed by atoms with E-state index in [0.29, 0.717) is 5.76 Å². The van der Waals surface area contributed by atoms with Gasteiger partial charge in [-0.2, -0.15) is 0 Å². The molecule has 144 valence electrons. The predicted molar refractivity (Wildman–Crippen MR) is 119 cm³/mol. The summed E-state index contributed by atoms with van der Waals surface area (Å²) in [6, 6.07) is 13.3. The third-order valence-electron chi connectivity index (χ3n) is 4.10. The molecule has 0 aliphatic heterocycles. The van der Waals surface area contributed by atoms with E-state index in [0.717, 1.165) is 53.6 Å². The SMILES string of the molecule is CCCCN(CCCC)C(=S)S/C(=C/C(=O)c1ccco1)c1ccccc1. The van der Waals surface area contributed by atoms with Gasteiger partial charge in [0.25, 0.3) is 0 Å². The fraction of sp³-hybridized carbons (Fsp3) is 0.364. The Hall–Kier alpha value is -1.85. The lowest BCUT2D eigenvalue weighted by molar-refractivity contribution is 0.102. The molecule has 5 heteroatoms. The van der Waals surface area contributed by atoms with Gasteiger partial charge < -0.3 is 9.32 Å². The van der Waals surface area contributed by atoms with Crippen LogP contribution in [0.1, 0.15) is 55.6 Å². The highest BCUT2D eigenvalue weighted by atomic mass is 32.2. The average Bonchev–Trinajstić information content (AvgIpc) is 3.23. The first-order valence-corrected chi connectivity index (χ1v) is 10.7. The smallest absolute Gasteiger partial charge is 0.222 e. The van der Waals surface area contributed by atoms with E-state index < -0.39 is 0 Å². The minimum Gasteiger partial charge on any atom is -0.461 e. The van der Waals surface area contributed by atoms with E-state index in [1.54, 1.807) is 18.2 Å². The summed E-state index contributed by atoms with van der Waals surface area (Å²) in [5.41, 5.74) is 0.982. The van der Waals surface area contributed by atoms with E-state index in [1.165, 1.54) is 18.0 Å². The maximum absolute atomic E-state index is 12.5. The fourth-order valence-electron chi connectivity index (χ4n) is 2.53. The lowest BCUT2D eigenvalue weighted by Gasteiger charge is -2.25. The molecule has 0 atom stereocenters. The van der Waals surface area contributed by atoms with E-state index in [-0.39, 0.29) is 5.78 Å². The van der Waals surface area contributed by atoms with Crippen molar-refractivity contribution in [2.24, 2.45) is 0 Å². The van der Waals surface area contributed by atoms with Crippen LogP contribution in [0.15, 0.2) is 59.2 Å². The molecular weight excluding hydrogens is 374 g/mol. The summed E-state index contributed by atoms with van der Waals surface area (Å²) in [4.78, 5) is 15.7. The van der Waals surface area contributed by atoms with E-state index in [9.17, 15) is 4.79 Å². The third kappa shape index (κ3) is 7.00. The first-order valence-electron chi connectivity index (χ1n) is 9.47. The number of thioether (sulfide) groups is 1. The molecule has 0 bridgehead atoms. The maximum Gasteiger partial charge on any atom is 0.222 e. The van der Waals surface area contributed by atoms with Crippen LogP contribution in [-0.2, 0) is 0 Å². The average molecular weight is 402 g/mol. The van der Waals surface area contributed by atoms with Crippen molar-refractivity contribution in [1.29, 1.82) is 0 Å². The first-order chi connectivity index (χ1) is 13.2. The number of rotatable bonds is 10. The number of thiocarbonyl (C=S) groups is 1. The second kappa shape index (κ2) is 11.8. The maximum atomic E-state index is 12.5. The Bertz CT molecular complexity index is 731. The molecule has 0 spiro atoms. The van der Waals surface area contributed by atoms with Crippen LogP contribution in [0, 0.1) is 0 Å². The van der Waals surface area contributed by atoms with Gasteiger partial charge in [-0.25, -0.2) is 0 Å². The molecule has 2 rings (SSSR count). The van der Waals surface area contributed by atoms with Crippen molar-refractivity contribution in [2.75, 3.05) is 13.1 Å². The molecule has 1 heterocycles. The van der Waals surface area contributed by atoms with Crippen molar-refractivity contribution < 1.29 is 9.21 Å². The molecule has 2 aromatic rings. The van der Waals surface area contributed by atoms with Crippen LogP contribution < -0.4 is 0 Å². The highest BCUT2D eigenvalue weighted by Gasteiger charge is 2.15. The van der Waals surface area contributed by atoms with Crippen molar-refractivity contribution in [3.05, 3.63) is 66.1 Å². The zero-order chi connectivity index (χ0) is 19.5. The Kier molecular flexibility index (Phi) is 9.36. The van der Waals surface area contributed by atoms with Crippen LogP contribution in [0.5, 0.6) is 0 Å². The van der Waals surface area contributed by atoms with Gasteiger partial charge in [-0.15, -0.1) is 0 Å². The Morgan fingerprint density at radius 3 is 2.30 bits per heavy atom. The Balaban J connectivity index is 2.22. The number of hydrogen-bond donors (Lipinski definition) is 0. The topological polar surface area (TPSA) is 33.5 Å². The van der Waals surface area contributed by atoms with E-state index in [1.807, 2.05) is 30.3 Å². The number of unbranched alkanes of at least 4 members (excludes halogenated alkanes) is 2.